The maximum Gasteiger partial charge on any atom is 0.327 e. The van der Waals surface area contributed by atoms with Gasteiger partial charge in [0.2, 0.25) is 0 Å². The monoisotopic (exact) mass is 458 g/mol. The average Bonchev–Trinajstić information content (AvgIpc) is 3.55. The van der Waals surface area contributed by atoms with Crippen LogP contribution in [0.4, 0.5) is 0 Å². The molecule has 2 aliphatic rings. The fourth-order valence-corrected chi connectivity index (χ4v) is 4.59. The Bertz CT molecular complexity index is 1240. The van der Waals surface area contributed by atoms with Crippen LogP contribution in [0.3, 0.4) is 0 Å². The second-order valence-electron chi connectivity index (χ2n) is 8.49. The molecule has 5 rings (SSSR count). The second kappa shape index (κ2) is 9.23. The molecule has 174 valence electrons. The van der Waals surface area contributed by atoms with Crippen molar-refractivity contribution >= 4 is 23.1 Å². The Labute approximate surface area is 197 Å². The Kier molecular flexibility index (Phi) is 5.98. The Balaban J connectivity index is 1.69. The summed E-state index contributed by atoms with van der Waals surface area (Å²) in [6.07, 6.45) is 6.16. The summed E-state index contributed by atoms with van der Waals surface area (Å²) in [5.41, 5.74) is 1.60. The van der Waals surface area contributed by atoms with Crippen molar-refractivity contribution in [1.82, 2.24) is 14.7 Å². The standard InChI is InChI=1S/C26H26N4O4/c1-2-10-20-21(25(32)30(27-20)18-11-5-3-6-12-18)22-23(28-14-7-4-8-15-28)26(33)29(24(22)31)17-19-13-9-16-34-19/h3-8,11-12,14-15,19H,2,9-10,13,16-17H2,1H3. The zero-order chi connectivity index (χ0) is 23.7. The number of aryl methyl sites for hydroxylation is 1. The van der Waals surface area contributed by atoms with Crippen LogP contribution in [0.25, 0.3) is 17.0 Å². The van der Waals surface area contributed by atoms with Crippen molar-refractivity contribution in [1.29, 1.82) is 0 Å². The van der Waals surface area contributed by atoms with Crippen molar-refractivity contribution in [3.63, 3.8) is 0 Å². The lowest BCUT2D eigenvalue weighted by molar-refractivity contribution is -0.576. The van der Waals surface area contributed by atoms with Crippen LogP contribution in [0.5, 0.6) is 5.88 Å². The van der Waals surface area contributed by atoms with Gasteiger partial charge in [-0.15, -0.1) is 0 Å². The van der Waals surface area contributed by atoms with Crippen LogP contribution in [0.1, 0.15) is 37.4 Å². The van der Waals surface area contributed by atoms with Crippen LogP contribution < -0.4 is 9.67 Å². The summed E-state index contributed by atoms with van der Waals surface area (Å²) in [5.74, 6) is -1.31. The van der Waals surface area contributed by atoms with E-state index in [1.165, 1.54) is 9.58 Å². The van der Waals surface area contributed by atoms with E-state index < -0.39 is 17.7 Å². The normalized spacial score (nSPS) is 18.4. The molecular formula is C26H26N4O4. The van der Waals surface area contributed by atoms with Gasteiger partial charge in [-0.05, 0) is 37.3 Å². The molecule has 2 amide bonds. The zero-order valence-corrected chi connectivity index (χ0v) is 19.0. The highest BCUT2D eigenvalue weighted by atomic mass is 16.5. The number of ether oxygens (including phenoxy) is 1. The zero-order valence-electron chi connectivity index (χ0n) is 19.0. The first-order chi connectivity index (χ1) is 16.6. The number of hydrogen-bond donors (Lipinski definition) is 0. The van der Waals surface area contributed by atoms with Gasteiger partial charge in [-0.3, -0.25) is 14.5 Å². The molecule has 0 aliphatic carbocycles. The summed E-state index contributed by atoms with van der Waals surface area (Å²) >= 11 is 0. The smallest absolute Gasteiger partial charge is 0.327 e. The van der Waals surface area contributed by atoms with Gasteiger partial charge in [-0.2, -0.15) is 9.67 Å². The van der Waals surface area contributed by atoms with Gasteiger partial charge < -0.3 is 9.84 Å². The molecule has 2 aromatic heterocycles. The molecule has 0 saturated carbocycles. The van der Waals surface area contributed by atoms with E-state index in [0.29, 0.717) is 24.4 Å². The average molecular weight is 459 g/mol. The van der Waals surface area contributed by atoms with E-state index in [4.69, 9.17) is 4.74 Å². The third-order valence-electron chi connectivity index (χ3n) is 6.18. The quantitative estimate of drug-likeness (QED) is 0.400. The number of benzene rings is 1. The Hall–Kier alpha value is -3.78. The molecule has 0 bridgehead atoms. The Morgan fingerprint density at radius 3 is 2.50 bits per heavy atom. The molecule has 8 nitrogen and oxygen atoms in total. The fraction of sp³-hybridized carbons (Fsp3) is 0.308. The maximum absolute atomic E-state index is 13.7. The van der Waals surface area contributed by atoms with Crippen LogP contribution in [0, 0.1) is 0 Å². The van der Waals surface area contributed by atoms with Gasteiger partial charge in [0.05, 0.1) is 24.0 Å². The molecule has 0 radical (unpaired) electrons. The minimum absolute atomic E-state index is 0.106. The number of para-hydroxylation sites is 1. The molecule has 0 spiro atoms. The van der Waals surface area contributed by atoms with Gasteiger partial charge in [-0.25, -0.2) is 4.68 Å². The van der Waals surface area contributed by atoms with Gasteiger partial charge in [0.1, 0.15) is 5.57 Å². The van der Waals surface area contributed by atoms with E-state index in [-0.39, 0.29) is 29.5 Å². The summed E-state index contributed by atoms with van der Waals surface area (Å²) in [5, 5.41) is 18.3. The van der Waals surface area contributed by atoms with E-state index in [2.05, 4.69) is 5.10 Å². The number of rotatable bonds is 7. The second-order valence-corrected chi connectivity index (χ2v) is 8.49. The molecule has 1 unspecified atom stereocenters. The molecule has 1 fully saturated rings. The summed E-state index contributed by atoms with van der Waals surface area (Å²) in [7, 11) is 0. The molecule has 1 atom stereocenters. The molecule has 8 heteroatoms. The number of hydrogen-bond acceptors (Lipinski definition) is 5. The fourth-order valence-electron chi connectivity index (χ4n) is 4.59. The number of aromatic nitrogens is 3. The summed E-state index contributed by atoms with van der Waals surface area (Å²) in [6.45, 7) is 2.78. The number of carbonyl (C=O) groups excluding carboxylic acids is 2. The molecule has 2 aliphatic heterocycles. The SMILES string of the molecule is CCCc1nn(-c2ccccc2)c([O-])c1C1=C([n+]2ccccc2)C(=O)N(CC2CCCO2)C1=O. The lowest BCUT2D eigenvalue weighted by Crippen LogP contribution is -2.42. The first-order valence-electron chi connectivity index (χ1n) is 11.6. The van der Waals surface area contributed by atoms with Gasteiger partial charge in [0.15, 0.2) is 12.4 Å². The van der Waals surface area contributed by atoms with Gasteiger partial charge in [0.25, 0.3) is 11.6 Å². The number of pyridine rings is 1. The minimum atomic E-state index is -0.478. The molecule has 34 heavy (non-hydrogen) atoms. The molecular weight excluding hydrogens is 432 g/mol. The molecule has 3 aromatic rings. The highest BCUT2D eigenvalue weighted by Crippen LogP contribution is 2.37. The van der Waals surface area contributed by atoms with Gasteiger partial charge in [-0.1, -0.05) is 37.6 Å². The lowest BCUT2D eigenvalue weighted by atomic mass is 10.0. The van der Waals surface area contributed by atoms with Crippen molar-refractivity contribution in [3.8, 4) is 11.6 Å². The van der Waals surface area contributed by atoms with Gasteiger partial charge >= 0.3 is 5.91 Å². The van der Waals surface area contributed by atoms with Crippen molar-refractivity contribution in [2.45, 2.75) is 38.7 Å². The topological polar surface area (TPSA) is 91.4 Å². The number of carbonyl (C=O) groups is 2. The Morgan fingerprint density at radius 2 is 1.82 bits per heavy atom. The van der Waals surface area contributed by atoms with Crippen LogP contribution in [-0.4, -0.2) is 45.8 Å². The first-order valence-corrected chi connectivity index (χ1v) is 11.6. The molecule has 4 heterocycles. The van der Waals surface area contributed by atoms with Crippen molar-refractivity contribution in [2.24, 2.45) is 0 Å². The predicted octanol–water partition coefficient (Wildman–Crippen LogP) is 2.10. The minimum Gasteiger partial charge on any atom is -0.858 e. The largest absolute Gasteiger partial charge is 0.858 e. The molecule has 1 aromatic carbocycles. The van der Waals surface area contributed by atoms with Crippen molar-refractivity contribution < 1.29 is 24.0 Å². The predicted molar refractivity (Wildman–Crippen MR) is 122 cm³/mol. The third kappa shape index (κ3) is 3.80. The van der Waals surface area contributed by atoms with E-state index in [9.17, 15) is 14.7 Å². The number of nitrogens with zero attached hydrogens (tertiary/aromatic N) is 4. The number of imide groups is 1. The number of amides is 2. The van der Waals surface area contributed by atoms with Crippen LogP contribution in [0.15, 0.2) is 60.9 Å². The van der Waals surface area contributed by atoms with Crippen LogP contribution >= 0.6 is 0 Å². The van der Waals surface area contributed by atoms with Crippen molar-refractivity contribution in [3.05, 3.63) is 72.2 Å². The van der Waals surface area contributed by atoms with E-state index in [0.717, 1.165) is 19.3 Å². The van der Waals surface area contributed by atoms with Crippen molar-refractivity contribution in [2.75, 3.05) is 13.2 Å². The highest BCUT2D eigenvalue weighted by molar-refractivity contribution is 6.44. The summed E-state index contributed by atoms with van der Waals surface area (Å²) in [6, 6.07) is 14.5. The van der Waals surface area contributed by atoms with Gasteiger partial charge in [0, 0.05) is 24.3 Å². The van der Waals surface area contributed by atoms with E-state index in [1.807, 2.05) is 31.2 Å². The highest BCUT2D eigenvalue weighted by Gasteiger charge is 2.47. The molecule has 1 saturated heterocycles. The van der Waals surface area contributed by atoms with Crippen LogP contribution in [-0.2, 0) is 20.7 Å². The van der Waals surface area contributed by atoms with E-state index >= 15 is 0 Å². The lowest BCUT2D eigenvalue weighted by Gasteiger charge is -2.18. The van der Waals surface area contributed by atoms with Crippen LogP contribution in [0.2, 0.25) is 0 Å². The molecule has 0 N–H and O–H groups in total. The maximum atomic E-state index is 13.7. The summed E-state index contributed by atoms with van der Waals surface area (Å²) < 4.78 is 8.62. The first kappa shape index (κ1) is 22.0. The van der Waals surface area contributed by atoms with E-state index in [1.54, 1.807) is 41.2 Å². The third-order valence-corrected chi connectivity index (χ3v) is 6.18. The summed E-state index contributed by atoms with van der Waals surface area (Å²) in [4.78, 5) is 28.5. The Morgan fingerprint density at radius 1 is 1.09 bits per heavy atom.